The molecule has 0 saturated heterocycles. The molecule has 0 fully saturated rings. The first kappa shape index (κ1) is 25.9. The number of fused-ring (bicyclic) bond motifs is 10. The van der Waals surface area contributed by atoms with Crippen molar-refractivity contribution in [3.63, 3.8) is 0 Å². The highest BCUT2D eigenvalue weighted by atomic mass is 16.3. The van der Waals surface area contributed by atoms with Gasteiger partial charge in [-0.05, 0) is 87.9 Å². The summed E-state index contributed by atoms with van der Waals surface area (Å²) in [4.78, 5) is 6.87. The number of aromatic nitrogens is 1. The molecule has 3 heterocycles. The van der Waals surface area contributed by atoms with Gasteiger partial charge in [-0.2, -0.15) is 0 Å². The van der Waals surface area contributed by atoms with Crippen LogP contribution in [0, 0.1) is 0 Å². The molecule has 0 aliphatic carbocycles. The van der Waals surface area contributed by atoms with Crippen LogP contribution < -0.4 is 4.90 Å². The zero-order valence-electron chi connectivity index (χ0n) is 25.2. The zero-order valence-corrected chi connectivity index (χ0v) is 25.2. The molecule has 7 aromatic carbocycles. The van der Waals surface area contributed by atoms with Crippen molar-refractivity contribution in [2.24, 2.45) is 0 Å². The molecule has 0 aliphatic heterocycles. The molecule has 10 rings (SSSR count). The molecule has 0 N–H and O–H groups in total. The maximum absolute atomic E-state index is 6.46. The van der Waals surface area contributed by atoms with E-state index in [-0.39, 0.29) is 0 Å². The van der Waals surface area contributed by atoms with Crippen molar-refractivity contribution >= 4 is 82.6 Å². The van der Waals surface area contributed by atoms with E-state index in [1.54, 1.807) is 6.20 Å². The third-order valence-corrected chi connectivity index (χ3v) is 9.31. The second-order valence-electron chi connectivity index (χ2n) is 12.0. The molecular formula is C43H26N2O2. The van der Waals surface area contributed by atoms with Gasteiger partial charge in [-0.1, -0.05) is 91.0 Å². The van der Waals surface area contributed by atoms with Crippen LogP contribution in [0.5, 0.6) is 0 Å². The van der Waals surface area contributed by atoms with E-state index < -0.39 is 0 Å². The van der Waals surface area contributed by atoms with E-state index >= 15 is 0 Å². The lowest BCUT2D eigenvalue weighted by atomic mass is 9.98. The number of anilines is 3. The lowest BCUT2D eigenvalue weighted by molar-refractivity contribution is 0.658. The molecule has 4 heteroatoms. The fourth-order valence-electron chi connectivity index (χ4n) is 7.13. The zero-order chi connectivity index (χ0) is 30.9. The molecule has 0 spiro atoms. The molecule has 0 atom stereocenters. The second kappa shape index (κ2) is 10.1. The average Bonchev–Trinajstić information content (AvgIpc) is 3.71. The summed E-state index contributed by atoms with van der Waals surface area (Å²) in [6.07, 6.45) is 1.78. The maximum atomic E-state index is 6.46. The minimum Gasteiger partial charge on any atom is -0.456 e. The Labute approximate surface area is 269 Å². The predicted molar refractivity (Wildman–Crippen MR) is 194 cm³/mol. The van der Waals surface area contributed by atoms with Gasteiger partial charge in [0.15, 0.2) is 0 Å². The number of furan rings is 2. The number of benzene rings is 7. The van der Waals surface area contributed by atoms with Gasteiger partial charge in [-0.3, -0.25) is 0 Å². The van der Waals surface area contributed by atoms with Crippen LogP contribution in [0.3, 0.4) is 0 Å². The van der Waals surface area contributed by atoms with Gasteiger partial charge in [-0.15, -0.1) is 0 Å². The Morgan fingerprint density at radius 3 is 2.09 bits per heavy atom. The summed E-state index contributed by atoms with van der Waals surface area (Å²) in [6, 6.07) is 53.4. The Balaban J connectivity index is 1.26. The fraction of sp³-hybridized carbons (Fsp3) is 0. The third kappa shape index (κ3) is 3.98. The minimum atomic E-state index is 0.654. The number of nitrogens with zero attached hydrogens (tertiary/aromatic N) is 2. The SMILES string of the molecule is c1ccc(-c2ccc(N(c3ccc4ccc5ccc6c7cccnc7oc6c5c4c3)c3cccc4oc5ccccc5c34)cc2)cc1. The molecule has 0 saturated carbocycles. The largest absolute Gasteiger partial charge is 0.456 e. The van der Waals surface area contributed by atoms with E-state index in [0.717, 1.165) is 76.9 Å². The molecule has 0 unspecified atom stereocenters. The number of para-hydroxylation sites is 1. The van der Waals surface area contributed by atoms with Crippen LogP contribution in [0.25, 0.3) is 76.7 Å². The second-order valence-corrected chi connectivity index (χ2v) is 12.0. The minimum absolute atomic E-state index is 0.654. The topological polar surface area (TPSA) is 42.4 Å². The summed E-state index contributed by atoms with van der Waals surface area (Å²) < 4.78 is 12.8. The molecule has 0 aliphatic rings. The molecule has 3 aromatic heterocycles. The maximum Gasteiger partial charge on any atom is 0.227 e. The fourth-order valence-corrected chi connectivity index (χ4v) is 7.13. The van der Waals surface area contributed by atoms with Gasteiger partial charge in [0.2, 0.25) is 5.71 Å². The number of rotatable bonds is 4. The van der Waals surface area contributed by atoms with E-state index in [4.69, 9.17) is 8.83 Å². The lowest BCUT2D eigenvalue weighted by Gasteiger charge is -2.27. The van der Waals surface area contributed by atoms with Crippen molar-refractivity contribution in [2.75, 3.05) is 4.90 Å². The van der Waals surface area contributed by atoms with Crippen LogP contribution >= 0.6 is 0 Å². The van der Waals surface area contributed by atoms with Crippen LogP contribution in [0.4, 0.5) is 17.1 Å². The Bertz CT molecular complexity index is 2790. The molecule has 0 amide bonds. The molecular weight excluding hydrogens is 576 g/mol. The molecule has 4 nitrogen and oxygen atoms in total. The van der Waals surface area contributed by atoms with Crippen molar-refractivity contribution in [1.29, 1.82) is 0 Å². The van der Waals surface area contributed by atoms with Crippen molar-refractivity contribution in [3.8, 4) is 11.1 Å². The van der Waals surface area contributed by atoms with Crippen LogP contribution in [-0.4, -0.2) is 4.98 Å². The van der Waals surface area contributed by atoms with Crippen LogP contribution in [0.1, 0.15) is 0 Å². The number of hydrogen-bond acceptors (Lipinski definition) is 4. The molecule has 0 bridgehead atoms. The average molecular weight is 603 g/mol. The molecule has 220 valence electrons. The van der Waals surface area contributed by atoms with Crippen molar-refractivity contribution in [1.82, 2.24) is 4.98 Å². The first-order chi connectivity index (χ1) is 23.3. The monoisotopic (exact) mass is 602 g/mol. The Morgan fingerprint density at radius 2 is 1.17 bits per heavy atom. The summed E-state index contributed by atoms with van der Waals surface area (Å²) in [6.45, 7) is 0. The van der Waals surface area contributed by atoms with E-state index in [1.807, 2.05) is 18.2 Å². The summed E-state index contributed by atoms with van der Waals surface area (Å²) in [5, 5.41) is 8.76. The van der Waals surface area contributed by atoms with E-state index in [1.165, 1.54) is 11.1 Å². The highest BCUT2D eigenvalue weighted by Crippen LogP contribution is 2.45. The van der Waals surface area contributed by atoms with Crippen LogP contribution in [-0.2, 0) is 0 Å². The van der Waals surface area contributed by atoms with E-state index in [0.29, 0.717) is 5.71 Å². The highest BCUT2D eigenvalue weighted by Gasteiger charge is 2.21. The standard InChI is InChI=1S/C43H26N2O2/c1-2-8-27(9-3-1)28-17-21-31(22-18-28)45(37-12-6-14-39-41(37)35-10-4-5-13-38(35)46-39)32-23-19-29-15-16-30-20-24-33-34-11-7-25-44-43(34)47-42(33)40(30)36(29)26-32/h1-26H. The summed E-state index contributed by atoms with van der Waals surface area (Å²) in [5.41, 5.74) is 8.76. The summed E-state index contributed by atoms with van der Waals surface area (Å²) >= 11 is 0. The summed E-state index contributed by atoms with van der Waals surface area (Å²) in [7, 11) is 0. The molecule has 10 aromatic rings. The first-order valence-corrected chi connectivity index (χ1v) is 15.8. The summed E-state index contributed by atoms with van der Waals surface area (Å²) in [5.74, 6) is 0. The highest BCUT2D eigenvalue weighted by molar-refractivity contribution is 6.23. The van der Waals surface area contributed by atoms with Crippen LogP contribution in [0.15, 0.2) is 167 Å². The number of hydrogen-bond donors (Lipinski definition) is 0. The van der Waals surface area contributed by atoms with Gasteiger partial charge in [-0.25, -0.2) is 4.98 Å². The van der Waals surface area contributed by atoms with Gasteiger partial charge in [0.25, 0.3) is 0 Å². The van der Waals surface area contributed by atoms with E-state index in [9.17, 15) is 0 Å². The van der Waals surface area contributed by atoms with Gasteiger partial charge < -0.3 is 13.7 Å². The van der Waals surface area contributed by atoms with E-state index in [2.05, 4.69) is 143 Å². The predicted octanol–water partition coefficient (Wildman–Crippen LogP) is 12.3. The third-order valence-electron chi connectivity index (χ3n) is 9.31. The smallest absolute Gasteiger partial charge is 0.227 e. The Kier molecular flexibility index (Phi) is 5.54. The van der Waals surface area contributed by atoms with Crippen molar-refractivity contribution in [3.05, 3.63) is 158 Å². The normalized spacial score (nSPS) is 11.8. The van der Waals surface area contributed by atoms with Crippen molar-refractivity contribution < 1.29 is 8.83 Å². The van der Waals surface area contributed by atoms with Crippen molar-refractivity contribution in [2.45, 2.75) is 0 Å². The Hall–Kier alpha value is -6.39. The van der Waals surface area contributed by atoms with Gasteiger partial charge in [0.1, 0.15) is 16.7 Å². The number of pyridine rings is 1. The molecule has 0 radical (unpaired) electrons. The first-order valence-electron chi connectivity index (χ1n) is 15.8. The van der Waals surface area contributed by atoms with Gasteiger partial charge >= 0.3 is 0 Å². The molecule has 47 heavy (non-hydrogen) atoms. The van der Waals surface area contributed by atoms with Gasteiger partial charge in [0.05, 0.1) is 11.1 Å². The quantitative estimate of drug-likeness (QED) is 0.188. The van der Waals surface area contributed by atoms with Crippen LogP contribution in [0.2, 0.25) is 0 Å². The Morgan fingerprint density at radius 1 is 0.447 bits per heavy atom. The van der Waals surface area contributed by atoms with Gasteiger partial charge in [0, 0.05) is 39.1 Å². The lowest BCUT2D eigenvalue weighted by Crippen LogP contribution is -2.10.